The van der Waals surface area contributed by atoms with Crippen LogP contribution >= 0.6 is 0 Å². The number of hydrogen-bond donors (Lipinski definition) is 0. The minimum atomic E-state index is -7.61. The second kappa shape index (κ2) is 5.87. The largest absolute Gasteiger partial charge is 0.460 e. The van der Waals surface area contributed by atoms with E-state index in [0.29, 0.717) is 7.18 Å². The van der Waals surface area contributed by atoms with E-state index in [1.165, 1.54) is 0 Å². The van der Waals surface area contributed by atoms with Crippen LogP contribution in [0.3, 0.4) is 0 Å². The monoisotopic (exact) mass is 350 g/mol. The van der Waals surface area contributed by atoms with Gasteiger partial charge in [0.05, 0.1) is 7.18 Å². The second-order valence-electron chi connectivity index (χ2n) is 3.05. The van der Waals surface area contributed by atoms with Gasteiger partial charge in [-0.05, 0) is 0 Å². The zero-order chi connectivity index (χ0) is 18.1. The topological polar surface area (TPSA) is 17.1 Å². The van der Waals surface area contributed by atoms with Gasteiger partial charge in [0.2, 0.25) is 0 Å². The molecule has 0 unspecified atom stereocenters. The Morgan fingerprint density at radius 1 is 0.619 bits per heavy atom. The van der Waals surface area contributed by atoms with Crippen LogP contribution in [0.5, 0.6) is 0 Å². The van der Waals surface area contributed by atoms with Gasteiger partial charge in [-0.2, -0.15) is 52.7 Å². The van der Waals surface area contributed by atoms with Crippen molar-refractivity contribution >= 4 is 5.78 Å². The van der Waals surface area contributed by atoms with E-state index < -0.39 is 35.9 Å². The number of Topliss-reactive ketones (excluding diaryl/α,β-unsaturated/α-hetero) is 1. The van der Waals surface area contributed by atoms with Crippen LogP contribution in [-0.2, 0) is 4.79 Å². The summed E-state index contributed by atoms with van der Waals surface area (Å²) in [5, 5.41) is 0. The van der Waals surface area contributed by atoms with Crippen molar-refractivity contribution in [2.24, 2.45) is 0 Å². The molecular weight excluding hydrogens is 347 g/mol. The summed E-state index contributed by atoms with van der Waals surface area (Å²) < 4.78 is 152. The van der Waals surface area contributed by atoms with Crippen LogP contribution in [0.2, 0.25) is 0 Å². The van der Waals surface area contributed by atoms with Crippen molar-refractivity contribution in [2.45, 2.75) is 30.1 Å². The van der Waals surface area contributed by atoms with Crippen LogP contribution in [0.1, 0.15) is 0 Å². The molecule has 0 rings (SSSR count). The molecule has 128 valence electrons. The highest BCUT2D eigenvalue weighted by Gasteiger charge is 2.85. The van der Waals surface area contributed by atoms with Crippen molar-refractivity contribution in [3.8, 4) is 0 Å². The molecule has 0 N–H and O–H groups in total. The van der Waals surface area contributed by atoms with E-state index >= 15 is 0 Å². The first kappa shape index (κ1) is 22.0. The molecule has 0 aliphatic carbocycles. The Hall–Kier alpha value is -1.24. The molecule has 0 fully saturated rings. The van der Waals surface area contributed by atoms with Gasteiger partial charge in [-0.1, -0.05) is 0 Å². The van der Waals surface area contributed by atoms with Crippen LogP contribution in [0.25, 0.3) is 0 Å². The van der Waals surface area contributed by atoms with Crippen LogP contribution in [0.4, 0.5) is 57.1 Å². The number of carbonyl (C=O) groups is 1. The van der Waals surface area contributed by atoms with Crippen molar-refractivity contribution < 1.29 is 61.9 Å². The molecule has 0 atom stereocenters. The van der Waals surface area contributed by atoms with E-state index in [1.54, 1.807) is 0 Å². The molecule has 1 nitrogen and oxygen atoms in total. The highest BCUT2D eigenvalue weighted by molar-refractivity contribution is 5.91. The summed E-state index contributed by atoms with van der Waals surface area (Å²) in [6, 6.07) is 0. The fourth-order valence-corrected chi connectivity index (χ4v) is 0.696. The highest BCUT2D eigenvalue weighted by atomic mass is 19.4. The van der Waals surface area contributed by atoms with Gasteiger partial charge < -0.3 is 0 Å². The van der Waals surface area contributed by atoms with Gasteiger partial charge in [-0.3, -0.25) is 9.18 Å². The van der Waals surface area contributed by atoms with Gasteiger partial charge in [-0.25, -0.2) is 0 Å². The maximum absolute atomic E-state index is 12.3. The van der Waals surface area contributed by atoms with Crippen LogP contribution in [-0.4, -0.2) is 43.1 Å². The van der Waals surface area contributed by atoms with E-state index in [0.717, 1.165) is 0 Å². The Morgan fingerprint density at radius 3 is 1.10 bits per heavy atom. The van der Waals surface area contributed by atoms with Crippen molar-refractivity contribution in [1.82, 2.24) is 0 Å². The standard InChI is InChI=1S/C6F12O.CH3F/c7-2(8,1(19)3(9,10)11)4(12,13)5(14,15)6(16,17)18;1-2/h;1H3. The minimum Gasteiger partial charge on any atom is -0.282 e. The summed E-state index contributed by atoms with van der Waals surface area (Å²) in [6.07, 6.45) is -14.0. The lowest BCUT2D eigenvalue weighted by molar-refractivity contribution is -0.390. The Bertz CT molecular complexity index is 362. The normalized spacial score (nSPS) is 14.4. The van der Waals surface area contributed by atoms with Gasteiger partial charge in [-0.15, -0.1) is 0 Å². The summed E-state index contributed by atoms with van der Waals surface area (Å²) in [7, 11) is 0.500. The lowest BCUT2D eigenvalue weighted by Gasteiger charge is -2.32. The Kier molecular flexibility index (Phi) is 6.16. The Morgan fingerprint density at radius 2 is 0.905 bits per heavy atom. The maximum Gasteiger partial charge on any atom is 0.460 e. The molecule has 0 aromatic heterocycles. The van der Waals surface area contributed by atoms with Crippen LogP contribution < -0.4 is 0 Å². The molecule has 0 amide bonds. The highest BCUT2D eigenvalue weighted by Crippen LogP contribution is 2.54. The summed E-state index contributed by atoms with van der Waals surface area (Å²) in [6.45, 7) is 0. The molecule has 14 heteroatoms. The second-order valence-corrected chi connectivity index (χ2v) is 3.05. The first-order valence-electron chi connectivity index (χ1n) is 4.10. The Balaban J connectivity index is 0. The number of halogens is 13. The fourth-order valence-electron chi connectivity index (χ4n) is 0.696. The fraction of sp³-hybridized carbons (Fsp3) is 0.857. The van der Waals surface area contributed by atoms with Gasteiger partial charge in [0.1, 0.15) is 0 Å². The van der Waals surface area contributed by atoms with E-state index in [4.69, 9.17) is 0 Å². The van der Waals surface area contributed by atoms with Gasteiger partial charge in [0, 0.05) is 0 Å². The van der Waals surface area contributed by atoms with Crippen LogP contribution in [0, 0.1) is 0 Å². The molecule has 21 heavy (non-hydrogen) atoms. The number of hydrogen-bond acceptors (Lipinski definition) is 1. The van der Waals surface area contributed by atoms with E-state index in [1.807, 2.05) is 0 Å². The molecule has 0 aromatic rings. The van der Waals surface area contributed by atoms with Crippen molar-refractivity contribution in [1.29, 1.82) is 0 Å². The van der Waals surface area contributed by atoms with E-state index in [2.05, 4.69) is 0 Å². The van der Waals surface area contributed by atoms with Gasteiger partial charge in [0.15, 0.2) is 0 Å². The van der Waals surface area contributed by atoms with Crippen molar-refractivity contribution in [2.75, 3.05) is 7.18 Å². The predicted octanol–water partition coefficient (Wildman–Crippen LogP) is 4.17. The van der Waals surface area contributed by atoms with E-state index in [-0.39, 0.29) is 0 Å². The number of alkyl halides is 13. The SMILES string of the molecule is CF.O=C(C(F)(F)F)C(F)(F)C(F)(F)C(F)(F)C(F)(F)F. The maximum atomic E-state index is 12.3. The zero-order valence-electron chi connectivity index (χ0n) is 9.32. The Labute approximate surface area is 106 Å². The molecule has 0 bridgehead atoms. The number of carbonyl (C=O) groups excluding carboxylic acids is 1. The molecule has 0 aliphatic rings. The molecule has 0 radical (unpaired) electrons. The molecule has 0 spiro atoms. The molecule has 0 heterocycles. The summed E-state index contributed by atoms with van der Waals surface area (Å²) in [5.74, 6) is -27.1. The van der Waals surface area contributed by atoms with Gasteiger partial charge in [0.25, 0.3) is 0 Å². The van der Waals surface area contributed by atoms with Gasteiger partial charge >= 0.3 is 35.9 Å². The summed E-state index contributed by atoms with van der Waals surface area (Å²) >= 11 is 0. The molecular formula is C7H3F13O. The smallest absolute Gasteiger partial charge is 0.282 e. The number of rotatable bonds is 3. The van der Waals surface area contributed by atoms with Crippen molar-refractivity contribution in [3.63, 3.8) is 0 Å². The molecule has 0 saturated heterocycles. The lowest BCUT2D eigenvalue weighted by atomic mass is 10.00. The number of ketones is 1. The third-order valence-corrected chi connectivity index (χ3v) is 1.69. The van der Waals surface area contributed by atoms with E-state index in [9.17, 15) is 61.9 Å². The average Bonchev–Trinajstić information content (AvgIpc) is 2.27. The zero-order valence-corrected chi connectivity index (χ0v) is 9.32. The van der Waals surface area contributed by atoms with Crippen molar-refractivity contribution in [3.05, 3.63) is 0 Å². The summed E-state index contributed by atoms with van der Waals surface area (Å²) in [5.41, 5.74) is 0. The third-order valence-electron chi connectivity index (χ3n) is 1.69. The third kappa shape index (κ3) is 3.70. The first-order chi connectivity index (χ1) is 8.90. The quantitative estimate of drug-likeness (QED) is 0.699. The lowest BCUT2D eigenvalue weighted by Crippen LogP contribution is -2.65. The minimum absolute atomic E-state index is 0.500. The van der Waals surface area contributed by atoms with Crippen LogP contribution in [0.15, 0.2) is 0 Å². The molecule has 0 aliphatic heterocycles. The average molecular weight is 350 g/mol. The first-order valence-corrected chi connectivity index (χ1v) is 4.10. The summed E-state index contributed by atoms with van der Waals surface area (Å²) in [4.78, 5) is 9.85. The molecule has 0 saturated carbocycles. The predicted molar refractivity (Wildman–Crippen MR) is 39.0 cm³/mol. The molecule has 0 aromatic carbocycles.